The molecule has 2 radical (unpaired) electrons. The molecule has 18 heavy (non-hydrogen) atoms. The lowest BCUT2D eigenvalue weighted by molar-refractivity contribution is 0.306. The first-order valence-corrected chi connectivity index (χ1v) is 9.56. The molecule has 0 aliphatic carbocycles. The first-order valence-electron chi connectivity index (χ1n) is 6.82. The maximum absolute atomic E-state index is 9.04. The average Bonchev–Trinajstić information content (AvgIpc) is 2.24. The molecule has 1 unspecified atom stereocenters. The van der Waals surface area contributed by atoms with E-state index in [0.29, 0.717) is 6.61 Å². The van der Waals surface area contributed by atoms with E-state index in [2.05, 4.69) is 18.7 Å². The van der Waals surface area contributed by atoms with Gasteiger partial charge < -0.3 is 15.6 Å². The zero-order valence-electron chi connectivity index (χ0n) is 11.8. The number of rotatable bonds is 12. The average molecular weight is 293 g/mol. The van der Waals surface area contributed by atoms with E-state index in [1.165, 1.54) is 51.4 Å². The molecule has 0 heterocycles. The second-order valence-electron chi connectivity index (χ2n) is 4.58. The van der Waals surface area contributed by atoms with Gasteiger partial charge in [0, 0.05) is 0 Å². The van der Waals surface area contributed by atoms with Crippen LogP contribution in [0.25, 0.3) is 0 Å². The van der Waals surface area contributed by atoms with Crippen LogP contribution in [-0.2, 0) is 16.3 Å². The molecule has 3 nitrogen and oxygen atoms in total. The lowest BCUT2D eigenvalue weighted by Crippen LogP contribution is -1.92. The van der Waals surface area contributed by atoms with Gasteiger partial charge in [-0.25, -0.2) is 0 Å². The largest absolute Gasteiger partial charge is 0.353 e. The van der Waals surface area contributed by atoms with Crippen molar-refractivity contribution in [3.8, 4) is 0 Å². The van der Waals surface area contributed by atoms with E-state index >= 15 is 0 Å². The van der Waals surface area contributed by atoms with Crippen LogP contribution < -0.4 is 6.15 Å². The lowest BCUT2D eigenvalue weighted by atomic mass is 10.1. The third kappa shape index (κ3) is 18.9. The van der Waals surface area contributed by atoms with Crippen LogP contribution in [0, 0.1) is 0 Å². The van der Waals surface area contributed by atoms with Gasteiger partial charge >= 0.3 is 0 Å². The molecule has 6 heteroatoms. The van der Waals surface area contributed by atoms with E-state index in [0.717, 1.165) is 12.8 Å². The van der Waals surface area contributed by atoms with Crippen molar-refractivity contribution in [3.63, 3.8) is 0 Å². The van der Waals surface area contributed by atoms with Crippen molar-refractivity contribution in [1.82, 2.24) is 6.15 Å². The molecule has 0 aliphatic heterocycles. The molecule has 0 aromatic heterocycles. The number of hydrogen-bond donors (Lipinski definition) is 2. The first-order chi connectivity index (χ1) is 8.06. The molecule has 108 valence electrons. The summed E-state index contributed by atoms with van der Waals surface area (Å²) in [6.07, 6.45) is 9.93. The first kappa shape index (κ1) is 20.9. The van der Waals surface area contributed by atoms with Gasteiger partial charge in [0.2, 0.25) is 0 Å². The second kappa shape index (κ2) is 14.0. The summed E-state index contributed by atoms with van der Waals surface area (Å²) in [6.45, 7) is 2.75. The van der Waals surface area contributed by atoms with Crippen molar-refractivity contribution >= 4 is 25.7 Å². The third-order valence-electron chi connectivity index (χ3n) is 2.77. The van der Waals surface area contributed by atoms with Gasteiger partial charge in [0.15, 0.2) is 7.57 Å². The Kier molecular flexibility index (Phi) is 16.3. The standard InChI is InChI=1S/C12H26BO2PS.H3N/c1-2-3-4-5-6-7-8-9-10-11-12-15-16(13,14)17;/h2-12H2,1H3,(H,14,17);1H3. The van der Waals surface area contributed by atoms with E-state index in [9.17, 15) is 0 Å². The summed E-state index contributed by atoms with van der Waals surface area (Å²) in [7, 11) is 5.22. The summed E-state index contributed by atoms with van der Waals surface area (Å²) in [6, 6.07) is 0. The molecule has 0 spiro atoms. The maximum atomic E-state index is 9.04. The zero-order valence-corrected chi connectivity index (χ0v) is 13.5. The minimum atomic E-state index is -2.91. The Morgan fingerprint density at radius 1 is 0.944 bits per heavy atom. The molecule has 0 bridgehead atoms. The van der Waals surface area contributed by atoms with Crippen LogP contribution in [0.15, 0.2) is 0 Å². The third-order valence-corrected chi connectivity index (χ3v) is 3.64. The van der Waals surface area contributed by atoms with Crippen molar-refractivity contribution in [1.29, 1.82) is 0 Å². The van der Waals surface area contributed by atoms with Crippen LogP contribution in [0.5, 0.6) is 0 Å². The number of hydrogen-bond acceptors (Lipinski definition) is 3. The molecule has 0 rings (SSSR count). The normalized spacial score (nSPS) is 13.9. The van der Waals surface area contributed by atoms with Crippen LogP contribution in [0.2, 0.25) is 0 Å². The molecule has 0 aromatic rings. The van der Waals surface area contributed by atoms with E-state index in [1.54, 1.807) is 0 Å². The molecular weight excluding hydrogens is 264 g/mol. The fourth-order valence-electron chi connectivity index (χ4n) is 1.78. The monoisotopic (exact) mass is 293 g/mol. The predicted octanol–water partition coefficient (Wildman–Crippen LogP) is 4.47. The fourth-order valence-corrected chi connectivity index (χ4v) is 2.40. The van der Waals surface area contributed by atoms with Crippen LogP contribution in [-0.4, -0.2) is 19.1 Å². The van der Waals surface area contributed by atoms with E-state index < -0.39 is 6.37 Å². The fraction of sp³-hybridized carbons (Fsp3) is 1.00. The van der Waals surface area contributed by atoms with Crippen LogP contribution in [0.1, 0.15) is 71.1 Å². The number of unbranched alkanes of at least 4 members (excludes halogenated alkanes) is 9. The Bertz CT molecular complexity index is 214. The van der Waals surface area contributed by atoms with Crippen molar-refractivity contribution in [3.05, 3.63) is 0 Å². The van der Waals surface area contributed by atoms with Gasteiger partial charge in [0.25, 0.3) is 0 Å². The van der Waals surface area contributed by atoms with Crippen LogP contribution >= 0.6 is 6.37 Å². The van der Waals surface area contributed by atoms with Gasteiger partial charge in [-0.15, -0.1) is 0 Å². The molecule has 0 saturated carbocycles. The second-order valence-corrected chi connectivity index (χ2v) is 7.54. The highest BCUT2D eigenvalue weighted by Gasteiger charge is 2.02. The van der Waals surface area contributed by atoms with E-state index in [-0.39, 0.29) is 6.15 Å². The maximum Gasteiger partial charge on any atom is 0.200 e. The van der Waals surface area contributed by atoms with Gasteiger partial charge in [-0.05, 0) is 18.2 Å². The summed E-state index contributed by atoms with van der Waals surface area (Å²) in [5.41, 5.74) is 0. The van der Waals surface area contributed by atoms with Gasteiger partial charge in [-0.3, -0.25) is 0 Å². The summed E-state index contributed by atoms with van der Waals surface area (Å²) in [4.78, 5) is 9.04. The topological polar surface area (TPSA) is 64.5 Å². The molecule has 0 fully saturated rings. The lowest BCUT2D eigenvalue weighted by Gasteiger charge is -2.10. The smallest absolute Gasteiger partial charge is 0.200 e. The summed E-state index contributed by atoms with van der Waals surface area (Å²) < 4.78 is 4.96. The van der Waals surface area contributed by atoms with Gasteiger partial charge in [-0.2, -0.15) is 0 Å². The Hall–Kier alpha value is 0.595. The Labute approximate surface area is 119 Å². The summed E-state index contributed by atoms with van der Waals surface area (Å²) in [5, 5.41) is 0. The molecule has 4 N–H and O–H groups in total. The minimum Gasteiger partial charge on any atom is -0.353 e. The van der Waals surface area contributed by atoms with Gasteiger partial charge in [0.05, 0.1) is 6.61 Å². The van der Waals surface area contributed by atoms with E-state index in [1.807, 2.05) is 0 Å². The van der Waals surface area contributed by atoms with Gasteiger partial charge in [0.1, 0.15) is 6.37 Å². The van der Waals surface area contributed by atoms with E-state index in [4.69, 9.17) is 17.0 Å². The predicted molar refractivity (Wildman–Crippen MR) is 85.1 cm³/mol. The molecule has 0 saturated heterocycles. The van der Waals surface area contributed by atoms with Crippen molar-refractivity contribution in [2.75, 3.05) is 6.61 Å². The van der Waals surface area contributed by atoms with Crippen molar-refractivity contribution in [2.24, 2.45) is 0 Å². The highest BCUT2D eigenvalue weighted by Crippen LogP contribution is 2.35. The Morgan fingerprint density at radius 3 is 1.72 bits per heavy atom. The van der Waals surface area contributed by atoms with Crippen molar-refractivity contribution < 1.29 is 9.42 Å². The molecular formula is C12H29BNO2PS. The van der Waals surface area contributed by atoms with Gasteiger partial charge in [-0.1, -0.05) is 64.7 Å². The summed E-state index contributed by atoms with van der Waals surface area (Å²) >= 11 is 4.58. The van der Waals surface area contributed by atoms with Crippen LogP contribution in [0.3, 0.4) is 0 Å². The SMILES string of the molecule is N.[B]P(O)(=S)OCCCCCCCCCCCC. The zero-order chi connectivity index (χ0) is 13.0. The molecule has 1 atom stereocenters. The molecule has 0 aliphatic rings. The Morgan fingerprint density at radius 2 is 1.33 bits per heavy atom. The quantitative estimate of drug-likeness (QED) is 0.316. The minimum absolute atomic E-state index is 0. The van der Waals surface area contributed by atoms with Crippen LogP contribution in [0.4, 0.5) is 0 Å². The summed E-state index contributed by atoms with van der Waals surface area (Å²) in [5.74, 6) is 0. The molecule has 0 amide bonds. The highest BCUT2D eigenvalue weighted by molar-refractivity contribution is 8.20. The van der Waals surface area contributed by atoms with Crippen molar-refractivity contribution in [2.45, 2.75) is 71.1 Å². The Balaban J connectivity index is 0. The highest BCUT2D eigenvalue weighted by atomic mass is 32.4. The molecule has 0 aromatic carbocycles.